The predicted molar refractivity (Wildman–Crippen MR) is 94.5 cm³/mol. The lowest BCUT2D eigenvalue weighted by molar-refractivity contribution is -0.154. The van der Waals surface area contributed by atoms with E-state index >= 15 is 0 Å². The highest BCUT2D eigenvalue weighted by atomic mass is 16.4. The van der Waals surface area contributed by atoms with Crippen molar-refractivity contribution in [2.24, 2.45) is 5.92 Å². The lowest BCUT2D eigenvalue weighted by atomic mass is 9.91. The fourth-order valence-corrected chi connectivity index (χ4v) is 3.46. The standard InChI is InChI=1S/C19H22N2O5/c1-20-18(23)13-6-8-15(19(24)25)21(11-13)17(22)9-7-14-10-12-4-2-3-5-16(12)26-14/h2-5,10,13,15H,6-9,11H2,1H3,(H,20,23)(H,24,25)/t13-,15-/m0/s1. The van der Waals surface area contributed by atoms with Gasteiger partial charge in [0.25, 0.3) is 0 Å². The van der Waals surface area contributed by atoms with Gasteiger partial charge in [0.1, 0.15) is 17.4 Å². The van der Waals surface area contributed by atoms with Gasteiger partial charge in [-0.1, -0.05) is 18.2 Å². The van der Waals surface area contributed by atoms with Crippen LogP contribution in [0.4, 0.5) is 0 Å². The number of likely N-dealkylation sites (tertiary alicyclic amines) is 1. The van der Waals surface area contributed by atoms with Crippen LogP contribution in [-0.4, -0.2) is 47.4 Å². The molecule has 0 spiro atoms. The molecule has 26 heavy (non-hydrogen) atoms. The lowest BCUT2D eigenvalue weighted by Gasteiger charge is -2.36. The summed E-state index contributed by atoms with van der Waals surface area (Å²) in [5, 5.41) is 12.9. The number of piperidine rings is 1. The van der Waals surface area contributed by atoms with E-state index in [1.807, 2.05) is 30.3 Å². The van der Waals surface area contributed by atoms with Gasteiger partial charge in [-0.3, -0.25) is 9.59 Å². The van der Waals surface area contributed by atoms with Gasteiger partial charge in [-0.15, -0.1) is 0 Å². The van der Waals surface area contributed by atoms with Gasteiger partial charge in [-0.05, 0) is 25.0 Å². The van der Waals surface area contributed by atoms with E-state index in [4.69, 9.17) is 4.42 Å². The Kier molecular flexibility index (Phi) is 5.25. The second kappa shape index (κ2) is 7.59. The van der Waals surface area contributed by atoms with Crippen molar-refractivity contribution in [3.05, 3.63) is 36.1 Å². The molecule has 1 aromatic heterocycles. The number of amides is 2. The van der Waals surface area contributed by atoms with Crippen LogP contribution in [0.2, 0.25) is 0 Å². The summed E-state index contributed by atoms with van der Waals surface area (Å²) in [5.74, 6) is -1.15. The SMILES string of the molecule is CNC(=O)[C@H]1CC[C@@H](C(=O)O)N(C(=O)CCc2cc3ccccc3o2)C1. The Balaban J connectivity index is 1.68. The first-order chi connectivity index (χ1) is 12.5. The maximum Gasteiger partial charge on any atom is 0.326 e. The summed E-state index contributed by atoms with van der Waals surface area (Å²) in [7, 11) is 1.54. The number of benzene rings is 1. The topological polar surface area (TPSA) is 99.9 Å². The van der Waals surface area contributed by atoms with E-state index in [1.165, 1.54) is 4.90 Å². The largest absolute Gasteiger partial charge is 0.480 e. The summed E-state index contributed by atoms with van der Waals surface area (Å²) < 4.78 is 5.71. The van der Waals surface area contributed by atoms with E-state index in [2.05, 4.69) is 5.32 Å². The fraction of sp³-hybridized carbons (Fsp3) is 0.421. The molecule has 1 aliphatic rings. The van der Waals surface area contributed by atoms with Crippen molar-refractivity contribution >= 4 is 28.8 Å². The smallest absolute Gasteiger partial charge is 0.326 e. The summed E-state index contributed by atoms with van der Waals surface area (Å²) in [6, 6.07) is 8.60. The third-order valence-electron chi connectivity index (χ3n) is 4.87. The lowest BCUT2D eigenvalue weighted by Crippen LogP contribution is -2.53. The molecule has 2 N–H and O–H groups in total. The van der Waals surface area contributed by atoms with Gasteiger partial charge in [-0.2, -0.15) is 0 Å². The summed E-state index contributed by atoms with van der Waals surface area (Å²) in [5.41, 5.74) is 0.760. The molecule has 2 atom stereocenters. The number of para-hydroxylation sites is 1. The number of carboxylic acids is 1. The molecule has 0 radical (unpaired) electrons. The van der Waals surface area contributed by atoms with E-state index in [9.17, 15) is 19.5 Å². The Morgan fingerprint density at radius 2 is 2.04 bits per heavy atom. The number of carbonyl (C=O) groups excluding carboxylic acids is 2. The van der Waals surface area contributed by atoms with Crippen LogP contribution in [0.25, 0.3) is 11.0 Å². The van der Waals surface area contributed by atoms with Gasteiger partial charge in [-0.25, -0.2) is 4.79 Å². The van der Waals surface area contributed by atoms with Gasteiger partial charge in [0.2, 0.25) is 11.8 Å². The normalized spacial score (nSPS) is 20.1. The number of aliphatic carboxylic acids is 1. The monoisotopic (exact) mass is 358 g/mol. The molecule has 1 fully saturated rings. The number of furan rings is 1. The average Bonchev–Trinajstić information content (AvgIpc) is 3.07. The number of carboxylic acid groups (broad SMARTS) is 1. The van der Waals surface area contributed by atoms with Crippen LogP contribution in [0.1, 0.15) is 25.0 Å². The molecule has 1 aromatic carbocycles. The van der Waals surface area contributed by atoms with Gasteiger partial charge < -0.3 is 19.7 Å². The summed E-state index contributed by atoms with van der Waals surface area (Å²) in [6.07, 6.45) is 1.28. The minimum Gasteiger partial charge on any atom is -0.480 e. The second-order valence-corrected chi connectivity index (χ2v) is 6.54. The van der Waals surface area contributed by atoms with Crippen LogP contribution in [0.5, 0.6) is 0 Å². The molecule has 0 aliphatic carbocycles. The first-order valence-corrected chi connectivity index (χ1v) is 8.71. The minimum absolute atomic E-state index is 0.135. The number of fused-ring (bicyclic) bond motifs is 1. The van der Waals surface area contributed by atoms with Crippen molar-refractivity contribution in [3.8, 4) is 0 Å². The van der Waals surface area contributed by atoms with E-state index in [0.717, 1.165) is 11.0 Å². The van der Waals surface area contributed by atoms with E-state index < -0.39 is 12.0 Å². The zero-order valence-corrected chi connectivity index (χ0v) is 14.6. The average molecular weight is 358 g/mol. The summed E-state index contributed by atoms with van der Waals surface area (Å²) >= 11 is 0. The zero-order valence-electron chi connectivity index (χ0n) is 14.6. The van der Waals surface area contributed by atoms with Crippen LogP contribution >= 0.6 is 0 Å². The molecular weight excluding hydrogens is 336 g/mol. The zero-order chi connectivity index (χ0) is 18.7. The molecule has 1 saturated heterocycles. The molecule has 3 rings (SSSR count). The van der Waals surface area contributed by atoms with Crippen molar-refractivity contribution in [1.29, 1.82) is 0 Å². The molecule has 138 valence electrons. The van der Waals surface area contributed by atoms with Crippen LogP contribution in [0, 0.1) is 5.92 Å². The Hall–Kier alpha value is -2.83. The van der Waals surface area contributed by atoms with E-state index in [-0.39, 0.29) is 37.1 Å². The number of hydrogen-bond donors (Lipinski definition) is 2. The molecule has 2 amide bonds. The number of carbonyl (C=O) groups is 3. The highest BCUT2D eigenvalue weighted by Crippen LogP contribution is 2.25. The Morgan fingerprint density at radius 1 is 1.27 bits per heavy atom. The second-order valence-electron chi connectivity index (χ2n) is 6.54. The highest BCUT2D eigenvalue weighted by molar-refractivity contribution is 5.86. The molecule has 2 aromatic rings. The molecule has 1 aliphatic heterocycles. The van der Waals surface area contributed by atoms with Crippen molar-refractivity contribution < 1.29 is 23.9 Å². The van der Waals surface area contributed by atoms with Gasteiger partial charge in [0, 0.05) is 31.8 Å². The summed E-state index contributed by atoms with van der Waals surface area (Å²) in [4.78, 5) is 37.3. The van der Waals surface area contributed by atoms with Crippen molar-refractivity contribution in [3.63, 3.8) is 0 Å². The third kappa shape index (κ3) is 3.71. The molecule has 0 bridgehead atoms. The Bertz CT molecular complexity index is 795. The fourth-order valence-electron chi connectivity index (χ4n) is 3.46. The molecule has 0 saturated carbocycles. The molecular formula is C19H22N2O5. The third-order valence-corrected chi connectivity index (χ3v) is 4.87. The number of nitrogens with zero attached hydrogens (tertiary/aromatic N) is 1. The minimum atomic E-state index is -1.03. The van der Waals surface area contributed by atoms with E-state index in [0.29, 0.717) is 18.6 Å². The first kappa shape index (κ1) is 18.0. The molecule has 7 nitrogen and oxygen atoms in total. The van der Waals surface area contributed by atoms with Crippen LogP contribution in [0.15, 0.2) is 34.7 Å². The van der Waals surface area contributed by atoms with E-state index in [1.54, 1.807) is 7.05 Å². The maximum absolute atomic E-state index is 12.6. The van der Waals surface area contributed by atoms with Crippen molar-refractivity contribution in [2.45, 2.75) is 31.7 Å². The molecule has 0 unspecified atom stereocenters. The molecule has 7 heteroatoms. The Morgan fingerprint density at radius 3 is 2.73 bits per heavy atom. The Labute approximate surface area is 151 Å². The van der Waals surface area contributed by atoms with Gasteiger partial charge >= 0.3 is 5.97 Å². The maximum atomic E-state index is 12.6. The van der Waals surface area contributed by atoms with Gasteiger partial charge in [0.05, 0.1) is 5.92 Å². The summed E-state index contributed by atoms with van der Waals surface area (Å²) in [6.45, 7) is 0.135. The van der Waals surface area contributed by atoms with Crippen LogP contribution in [0.3, 0.4) is 0 Å². The number of hydrogen-bond acceptors (Lipinski definition) is 4. The van der Waals surface area contributed by atoms with Crippen molar-refractivity contribution in [1.82, 2.24) is 10.2 Å². The molecule has 2 heterocycles. The van der Waals surface area contributed by atoms with Crippen LogP contribution in [-0.2, 0) is 20.8 Å². The first-order valence-electron chi connectivity index (χ1n) is 8.71. The number of aryl methyl sites for hydroxylation is 1. The number of rotatable bonds is 5. The van der Waals surface area contributed by atoms with Crippen LogP contribution < -0.4 is 5.32 Å². The van der Waals surface area contributed by atoms with Gasteiger partial charge in [0.15, 0.2) is 0 Å². The predicted octanol–water partition coefficient (Wildman–Crippen LogP) is 1.80. The quantitative estimate of drug-likeness (QED) is 0.849. The van der Waals surface area contributed by atoms with Crippen molar-refractivity contribution in [2.75, 3.05) is 13.6 Å². The number of nitrogens with one attached hydrogen (secondary N) is 1. The highest BCUT2D eigenvalue weighted by Gasteiger charge is 2.37.